The molecule has 4 aromatic rings. The summed E-state index contributed by atoms with van der Waals surface area (Å²) in [4.78, 5) is 0. The van der Waals surface area contributed by atoms with Gasteiger partial charge >= 0.3 is 0 Å². The first-order valence-corrected chi connectivity index (χ1v) is 20.6. The topological polar surface area (TPSA) is 62.7 Å². The van der Waals surface area contributed by atoms with Gasteiger partial charge in [0.05, 0.1) is 37.1 Å². The third kappa shape index (κ3) is 14.4. The summed E-state index contributed by atoms with van der Waals surface area (Å²) in [6, 6.07) is 13.8. The number of halogens is 2. The number of hydrogen-bond donors (Lipinski definition) is 0. The van der Waals surface area contributed by atoms with Crippen LogP contribution in [0, 0.1) is 11.6 Å². The van der Waals surface area contributed by atoms with E-state index in [1.165, 1.54) is 25.0 Å². The number of fused-ring (bicyclic) bond motifs is 1. The van der Waals surface area contributed by atoms with Crippen LogP contribution in [-0.4, -0.2) is 47.4 Å². The van der Waals surface area contributed by atoms with E-state index in [4.69, 9.17) is 18.9 Å². The van der Waals surface area contributed by atoms with Gasteiger partial charge in [0.2, 0.25) is 0 Å². The molecule has 4 rings (SSSR count). The number of ether oxygens (including phenoxy) is 4. The zero-order chi connectivity index (χ0) is 39.1. The fraction of sp³-hybridized carbons (Fsp3) is 0.435. The van der Waals surface area contributed by atoms with Crippen LogP contribution in [0.25, 0.3) is 33.3 Å². The first-order valence-electron chi connectivity index (χ1n) is 19.8. The molecule has 0 fully saturated rings. The zero-order valence-corrected chi connectivity index (χ0v) is 33.1. The normalized spacial score (nSPS) is 11.3. The van der Waals surface area contributed by atoms with Gasteiger partial charge in [0.25, 0.3) is 0 Å². The van der Waals surface area contributed by atoms with Crippen molar-refractivity contribution in [3.8, 4) is 33.8 Å². The molecule has 6 nitrogen and oxygen atoms in total. The van der Waals surface area contributed by atoms with Gasteiger partial charge in [-0.2, -0.15) is 8.75 Å². The van der Waals surface area contributed by atoms with Gasteiger partial charge in [0, 0.05) is 24.3 Å². The second kappa shape index (κ2) is 25.1. The molecule has 0 radical (unpaired) electrons. The van der Waals surface area contributed by atoms with E-state index in [1.807, 2.05) is 24.3 Å². The van der Waals surface area contributed by atoms with Crippen LogP contribution in [0.4, 0.5) is 8.78 Å². The first kappa shape index (κ1) is 43.5. The predicted octanol–water partition coefficient (Wildman–Crippen LogP) is 13.0. The van der Waals surface area contributed by atoms with Crippen molar-refractivity contribution in [1.29, 1.82) is 0 Å². The monoisotopic (exact) mass is 772 g/mol. The van der Waals surface area contributed by atoms with Crippen molar-refractivity contribution in [3.05, 3.63) is 111 Å². The molecule has 0 saturated heterocycles. The summed E-state index contributed by atoms with van der Waals surface area (Å²) in [7, 11) is 0. The van der Waals surface area contributed by atoms with Gasteiger partial charge in [0.15, 0.2) is 23.1 Å². The highest BCUT2D eigenvalue weighted by Crippen LogP contribution is 2.37. The maximum absolute atomic E-state index is 15.2. The summed E-state index contributed by atoms with van der Waals surface area (Å²) in [5.41, 5.74) is 4.15. The van der Waals surface area contributed by atoms with E-state index in [2.05, 4.69) is 35.1 Å². The van der Waals surface area contributed by atoms with Crippen LogP contribution in [-0.2, 0) is 9.47 Å². The molecule has 0 aliphatic heterocycles. The molecule has 0 N–H and O–H groups in total. The number of unbranched alkanes of at least 4 members (excludes halogenated alkanes) is 12. The summed E-state index contributed by atoms with van der Waals surface area (Å²) in [5.74, 6) is -0.363. The zero-order valence-electron chi connectivity index (χ0n) is 32.3. The van der Waals surface area contributed by atoms with Gasteiger partial charge in [-0.15, -0.1) is 26.3 Å². The molecule has 1 heterocycles. The van der Waals surface area contributed by atoms with E-state index in [0.717, 1.165) is 113 Å². The van der Waals surface area contributed by atoms with Gasteiger partial charge < -0.3 is 18.9 Å². The highest BCUT2D eigenvalue weighted by Gasteiger charge is 2.17. The number of hydrogen-bond acceptors (Lipinski definition) is 7. The van der Waals surface area contributed by atoms with Crippen molar-refractivity contribution in [3.63, 3.8) is 0 Å². The largest absolute Gasteiger partial charge is 0.491 e. The van der Waals surface area contributed by atoms with Crippen molar-refractivity contribution in [2.45, 2.75) is 102 Å². The van der Waals surface area contributed by atoms with E-state index < -0.39 is 11.6 Å². The SMILES string of the molecule is C=CC(C=C)OCCCCCCCCCOc1ccc(-c2ccc(-c3ccc(OCCCCCCCCCOC(C=C)C=C)c(F)c3)c3nsnc23)cc1F. The smallest absolute Gasteiger partial charge is 0.165 e. The lowest BCUT2D eigenvalue weighted by Gasteiger charge is -2.11. The van der Waals surface area contributed by atoms with Crippen molar-refractivity contribution in [1.82, 2.24) is 8.75 Å². The minimum absolute atomic E-state index is 0.0680. The van der Waals surface area contributed by atoms with E-state index >= 15 is 8.78 Å². The van der Waals surface area contributed by atoms with Crippen molar-refractivity contribution < 1.29 is 27.7 Å². The molecule has 1 aromatic heterocycles. The van der Waals surface area contributed by atoms with Crippen LogP contribution in [0.3, 0.4) is 0 Å². The van der Waals surface area contributed by atoms with Crippen LogP contribution in [0.1, 0.15) is 89.9 Å². The molecule has 0 bridgehead atoms. The van der Waals surface area contributed by atoms with Crippen LogP contribution in [0.5, 0.6) is 11.5 Å². The fourth-order valence-electron chi connectivity index (χ4n) is 6.35. The van der Waals surface area contributed by atoms with E-state index in [0.29, 0.717) is 35.4 Å². The number of rotatable bonds is 30. The Labute approximate surface area is 331 Å². The van der Waals surface area contributed by atoms with Gasteiger partial charge in [-0.1, -0.05) is 113 Å². The van der Waals surface area contributed by atoms with Crippen LogP contribution in [0.2, 0.25) is 0 Å². The third-order valence-corrected chi connectivity index (χ3v) is 10.1. The Bertz CT molecular complexity index is 1630. The lowest BCUT2D eigenvalue weighted by Crippen LogP contribution is -2.06. The second-order valence-electron chi connectivity index (χ2n) is 13.7. The Hall–Kier alpha value is -4.18. The van der Waals surface area contributed by atoms with Crippen molar-refractivity contribution >= 4 is 22.8 Å². The fourth-order valence-corrected chi connectivity index (χ4v) is 6.92. The van der Waals surface area contributed by atoms with E-state index in [9.17, 15) is 0 Å². The Morgan fingerprint density at radius 1 is 0.491 bits per heavy atom. The molecule has 9 heteroatoms. The van der Waals surface area contributed by atoms with Crippen molar-refractivity contribution in [2.24, 2.45) is 0 Å². The molecule has 0 aliphatic carbocycles. The van der Waals surface area contributed by atoms with Crippen LogP contribution < -0.4 is 9.47 Å². The highest BCUT2D eigenvalue weighted by atomic mass is 32.1. The molecule has 296 valence electrons. The van der Waals surface area contributed by atoms with Crippen molar-refractivity contribution in [2.75, 3.05) is 26.4 Å². The molecular weight excluding hydrogens is 715 g/mol. The Morgan fingerprint density at radius 2 is 0.836 bits per heavy atom. The molecule has 0 aliphatic rings. The van der Waals surface area contributed by atoms with Gasteiger partial charge in [0.1, 0.15) is 11.0 Å². The molecule has 0 atom stereocenters. The molecule has 0 unspecified atom stereocenters. The van der Waals surface area contributed by atoms with E-state index in [1.54, 1.807) is 36.4 Å². The molecule has 3 aromatic carbocycles. The summed E-state index contributed by atoms with van der Waals surface area (Å²) in [6.45, 7) is 17.3. The number of aromatic nitrogens is 2. The van der Waals surface area contributed by atoms with Crippen LogP contribution in [0.15, 0.2) is 99.2 Å². The Kier molecular flexibility index (Phi) is 19.9. The maximum Gasteiger partial charge on any atom is 0.165 e. The Morgan fingerprint density at radius 3 is 1.18 bits per heavy atom. The third-order valence-electron chi connectivity index (χ3n) is 9.54. The quantitative estimate of drug-likeness (QED) is 0.0388. The standard InChI is InChI=1S/C46H58F2N2O4S/c1-5-37(6-2)51-29-19-15-11-9-13-17-21-31-53-43-27-23-35(33-41(43)47)39-25-26-40(46-45(39)49-55-50-46)36-24-28-44(42(48)34-36)54-32-22-18-14-10-12-16-20-30-52-38(7-3)8-4/h5-8,23-28,33-34,37-38H,1-4,9-22,29-32H2. The molecule has 0 spiro atoms. The van der Waals surface area contributed by atoms with Gasteiger partial charge in [-0.25, -0.2) is 8.78 Å². The summed E-state index contributed by atoms with van der Waals surface area (Å²) < 4.78 is 62.3. The van der Waals surface area contributed by atoms with Gasteiger partial charge in [-0.05, 0) is 61.1 Å². The summed E-state index contributed by atoms with van der Waals surface area (Å²) in [5, 5.41) is 0. The minimum atomic E-state index is -0.420. The molecule has 55 heavy (non-hydrogen) atoms. The molecule has 0 saturated carbocycles. The average Bonchev–Trinajstić information content (AvgIpc) is 3.70. The first-order chi connectivity index (χ1) is 27.0. The lowest BCUT2D eigenvalue weighted by atomic mass is 9.97. The number of nitrogens with zero attached hydrogens (tertiary/aromatic N) is 2. The van der Waals surface area contributed by atoms with Crippen LogP contribution >= 0.6 is 11.7 Å². The summed E-state index contributed by atoms with van der Waals surface area (Å²) >= 11 is 1.08. The highest BCUT2D eigenvalue weighted by molar-refractivity contribution is 7.00. The predicted molar refractivity (Wildman–Crippen MR) is 224 cm³/mol. The maximum atomic E-state index is 15.2. The van der Waals surface area contributed by atoms with E-state index in [-0.39, 0.29) is 23.7 Å². The Balaban J connectivity index is 1.18. The molecular formula is C46H58F2N2O4S. The minimum Gasteiger partial charge on any atom is -0.491 e. The average molecular weight is 773 g/mol. The summed E-state index contributed by atoms with van der Waals surface area (Å²) in [6.07, 6.45) is 21.9. The number of benzene rings is 3. The van der Waals surface area contributed by atoms with Gasteiger partial charge in [-0.3, -0.25) is 0 Å². The lowest BCUT2D eigenvalue weighted by molar-refractivity contribution is 0.111. The molecule has 0 amide bonds. The second-order valence-corrected chi connectivity index (χ2v) is 14.2.